The first-order valence-corrected chi connectivity index (χ1v) is 6.66. The van der Waals surface area contributed by atoms with Crippen LogP contribution in [0.3, 0.4) is 0 Å². The second-order valence-corrected chi connectivity index (χ2v) is 4.87. The van der Waals surface area contributed by atoms with Crippen LogP contribution < -0.4 is 5.32 Å². The van der Waals surface area contributed by atoms with Gasteiger partial charge in [-0.25, -0.2) is 0 Å². The quantitative estimate of drug-likeness (QED) is 0.792. The number of hydrogen-bond donors (Lipinski definition) is 1. The normalized spacial score (nSPS) is 17.3. The van der Waals surface area contributed by atoms with Crippen LogP contribution in [0.4, 0.5) is 0 Å². The zero-order valence-electron chi connectivity index (χ0n) is 11.4. The fourth-order valence-electron chi connectivity index (χ4n) is 2.03. The molecule has 1 aliphatic heterocycles. The summed E-state index contributed by atoms with van der Waals surface area (Å²) in [5.74, 6) is 0.0737. The summed E-state index contributed by atoms with van der Waals surface area (Å²) in [5.41, 5.74) is 0.787. The Morgan fingerprint density at radius 2 is 2.11 bits per heavy atom. The van der Waals surface area contributed by atoms with E-state index in [0.717, 1.165) is 38.4 Å². The van der Waals surface area contributed by atoms with Gasteiger partial charge in [-0.3, -0.25) is 14.8 Å². The predicted molar refractivity (Wildman–Crippen MR) is 72.4 cm³/mol. The highest BCUT2D eigenvalue weighted by Gasteiger charge is 2.14. The van der Waals surface area contributed by atoms with Gasteiger partial charge < -0.3 is 15.1 Å². The summed E-state index contributed by atoms with van der Waals surface area (Å²) >= 11 is 0. The summed E-state index contributed by atoms with van der Waals surface area (Å²) in [6, 6.07) is 0. The third-order valence-corrected chi connectivity index (χ3v) is 3.33. The van der Waals surface area contributed by atoms with E-state index in [9.17, 15) is 4.79 Å². The van der Waals surface area contributed by atoms with Gasteiger partial charge in [0.25, 0.3) is 0 Å². The Balaban J connectivity index is 1.62. The molecule has 0 saturated carbocycles. The van der Waals surface area contributed by atoms with Crippen LogP contribution in [0.2, 0.25) is 0 Å². The first kappa shape index (κ1) is 13.9. The van der Waals surface area contributed by atoms with Gasteiger partial charge >= 0.3 is 0 Å². The molecule has 2 heterocycles. The third-order valence-electron chi connectivity index (χ3n) is 3.33. The number of nitrogens with zero attached hydrogens (tertiary/aromatic N) is 4. The van der Waals surface area contributed by atoms with Gasteiger partial charge in [0.1, 0.15) is 0 Å². The van der Waals surface area contributed by atoms with Crippen molar-refractivity contribution in [2.24, 2.45) is 0 Å². The lowest BCUT2D eigenvalue weighted by molar-refractivity contribution is -0.121. The summed E-state index contributed by atoms with van der Waals surface area (Å²) in [7, 11) is 2.13. The first-order chi connectivity index (χ1) is 9.24. The zero-order chi connectivity index (χ0) is 13.5. The average Bonchev–Trinajstić information content (AvgIpc) is 2.45. The molecule has 0 atom stereocenters. The number of likely N-dealkylation sites (N-methyl/N-ethyl adjacent to an activating group) is 1. The van der Waals surface area contributed by atoms with Crippen LogP contribution >= 0.6 is 0 Å². The summed E-state index contributed by atoms with van der Waals surface area (Å²) in [5, 5.41) is 2.87. The van der Waals surface area contributed by atoms with E-state index in [1.165, 1.54) is 0 Å². The Morgan fingerprint density at radius 1 is 1.32 bits per heavy atom. The average molecular weight is 263 g/mol. The number of nitrogens with one attached hydrogen (secondary N) is 1. The molecule has 1 aliphatic rings. The molecule has 1 saturated heterocycles. The fraction of sp³-hybridized carbons (Fsp3) is 0.615. The molecule has 0 unspecified atom stereocenters. The number of carbonyl (C=O) groups excluding carboxylic acids is 1. The Kier molecular flexibility index (Phi) is 5.23. The number of amides is 1. The maximum Gasteiger partial charge on any atom is 0.221 e. The SMILES string of the molecule is CN1CCN(CCC(=O)NCc2cnccn2)CC1. The molecule has 1 amide bonds. The van der Waals surface area contributed by atoms with Crippen LogP contribution in [-0.4, -0.2) is 65.4 Å². The van der Waals surface area contributed by atoms with Gasteiger partial charge in [0, 0.05) is 51.5 Å². The van der Waals surface area contributed by atoms with Crippen LogP contribution in [0.5, 0.6) is 0 Å². The standard InChI is InChI=1S/C13H21N5O/c1-17-6-8-18(9-7-17)5-2-13(19)16-11-12-10-14-3-4-15-12/h3-4,10H,2,5-9,11H2,1H3,(H,16,19). The molecule has 6 heteroatoms. The van der Waals surface area contributed by atoms with Crippen molar-refractivity contribution < 1.29 is 4.79 Å². The van der Waals surface area contributed by atoms with Gasteiger partial charge in [0.05, 0.1) is 18.4 Å². The molecule has 0 radical (unpaired) electrons. The van der Waals surface area contributed by atoms with Crippen LogP contribution in [0.15, 0.2) is 18.6 Å². The molecule has 104 valence electrons. The summed E-state index contributed by atoms with van der Waals surface area (Å²) in [6.45, 7) is 5.56. The van der Waals surface area contributed by atoms with E-state index in [0.29, 0.717) is 13.0 Å². The molecule has 1 aromatic heterocycles. The van der Waals surface area contributed by atoms with Crippen molar-refractivity contribution in [2.45, 2.75) is 13.0 Å². The lowest BCUT2D eigenvalue weighted by Crippen LogP contribution is -2.45. The first-order valence-electron chi connectivity index (χ1n) is 6.66. The maximum atomic E-state index is 11.7. The molecule has 0 bridgehead atoms. The predicted octanol–water partition coefficient (Wildman–Crippen LogP) is -0.270. The van der Waals surface area contributed by atoms with Crippen molar-refractivity contribution in [3.05, 3.63) is 24.3 Å². The molecule has 19 heavy (non-hydrogen) atoms. The van der Waals surface area contributed by atoms with Crippen LogP contribution in [-0.2, 0) is 11.3 Å². The molecule has 0 aromatic carbocycles. The van der Waals surface area contributed by atoms with E-state index in [2.05, 4.69) is 32.1 Å². The van der Waals surface area contributed by atoms with E-state index in [1.807, 2.05) is 0 Å². The molecule has 1 aromatic rings. The summed E-state index contributed by atoms with van der Waals surface area (Å²) in [6.07, 6.45) is 5.47. The number of carbonyl (C=O) groups is 1. The van der Waals surface area contributed by atoms with Gasteiger partial charge in [0.2, 0.25) is 5.91 Å². The van der Waals surface area contributed by atoms with Crippen LogP contribution in [0.1, 0.15) is 12.1 Å². The number of hydrogen-bond acceptors (Lipinski definition) is 5. The van der Waals surface area contributed by atoms with Gasteiger partial charge in [-0.05, 0) is 7.05 Å². The van der Waals surface area contributed by atoms with Crippen molar-refractivity contribution in [3.8, 4) is 0 Å². The molecule has 0 aliphatic carbocycles. The minimum Gasteiger partial charge on any atom is -0.350 e. The summed E-state index contributed by atoms with van der Waals surface area (Å²) in [4.78, 5) is 24.5. The number of rotatable bonds is 5. The molecule has 1 N–H and O–H groups in total. The third kappa shape index (κ3) is 4.92. The van der Waals surface area contributed by atoms with E-state index in [-0.39, 0.29) is 5.91 Å². The Hall–Kier alpha value is -1.53. The van der Waals surface area contributed by atoms with Gasteiger partial charge in [-0.1, -0.05) is 0 Å². The lowest BCUT2D eigenvalue weighted by atomic mass is 10.3. The van der Waals surface area contributed by atoms with E-state index in [1.54, 1.807) is 18.6 Å². The van der Waals surface area contributed by atoms with Gasteiger partial charge in [-0.2, -0.15) is 0 Å². The second-order valence-electron chi connectivity index (χ2n) is 4.87. The minimum atomic E-state index is 0.0737. The van der Waals surface area contributed by atoms with E-state index in [4.69, 9.17) is 0 Å². The number of piperazine rings is 1. The van der Waals surface area contributed by atoms with Gasteiger partial charge in [0.15, 0.2) is 0 Å². The topological polar surface area (TPSA) is 61.4 Å². The largest absolute Gasteiger partial charge is 0.350 e. The highest BCUT2D eigenvalue weighted by Crippen LogP contribution is 2.00. The van der Waals surface area contributed by atoms with Crippen molar-refractivity contribution in [3.63, 3.8) is 0 Å². The molecule has 0 spiro atoms. The minimum absolute atomic E-state index is 0.0737. The van der Waals surface area contributed by atoms with Crippen molar-refractivity contribution in [1.29, 1.82) is 0 Å². The van der Waals surface area contributed by atoms with Crippen molar-refractivity contribution in [1.82, 2.24) is 25.1 Å². The second kappa shape index (κ2) is 7.16. The fourth-order valence-corrected chi connectivity index (χ4v) is 2.03. The van der Waals surface area contributed by atoms with E-state index >= 15 is 0 Å². The number of aromatic nitrogens is 2. The van der Waals surface area contributed by atoms with Gasteiger partial charge in [-0.15, -0.1) is 0 Å². The Labute approximate surface area is 113 Å². The maximum absolute atomic E-state index is 11.7. The molecule has 1 fully saturated rings. The Bertz CT molecular complexity index is 389. The highest BCUT2D eigenvalue weighted by atomic mass is 16.1. The van der Waals surface area contributed by atoms with Crippen LogP contribution in [0.25, 0.3) is 0 Å². The monoisotopic (exact) mass is 263 g/mol. The molecule has 2 rings (SSSR count). The molecule has 6 nitrogen and oxygen atoms in total. The summed E-state index contributed by atoms with van der Waals surface area (Å²) < 4.78 is 0. The highest BCUT2D eigenvalue weighted by molar-refractivity contribution is 5.75. The van der Waals surface area contributed by atoms with Crippen molar-refractivity contribution >= 4 is 5.91 Å². The Morgan fingerprint density at radius 3 is 2.79 bits per heavy atom. The zero-order valence-corrected chi connectivity index (χ0v) is 11.4. The molecular weight excluding hydrogens is 242 g/mol. The van der Waals surface area contributed by atoms with E-state index < -0.39 is 0 Å². The smallest absolute Gasteiger partial charge is 0.221 e. The van der Waals surface area contributed by atoms with Crippen molar-refractivity contribution in [2.75, 3.05) is 39.8 Å². The lowest BCUT2D eigenvalue weighted by Gasteiger charge is -2.32. The van der Waals surface area contributed by atoms with Crippen LogP contribution in [0, 0.1) is 0 Å². The molecular formula is C13H21N5O.